The zero-order valence-corrected chi connectivity index (χ0v) is 8.65. The molecule has 0 aliphatic carbocycles. The molecule has 0 radical (unpaired) electrons. The lowest BCUT2D eigenvalue weighted by Gasteiger charge is -1.99. The summed E-state index contributed by atoms with van der Waals surface area (Å²) in [6, 6.07) is 3.62. The van der Waals surface area contributed by atoms with Gasteiger partial charge in [-0.05, 0) is 19.1 Å². The number of nitrogens with zero attached hydrogens (tertiary/aromatic N) is 2. The molecule has 7 heteroatoms. The molecule has 0 unspecified atom stereocenters. The Hall–Kier alpha value is -2.31. The molecule has 2 aromatic heterocycles. The van der Waals surface area contributed by atoms with Gasteiger partial charge in [0.05, 0.1) is 6.54 Å². The van der Waals surface area contributed by atoms with E-state index in [4.69, 9.17) is 10.2 Å². The molecule has 0 saturated heterocycles. The second-order valence-corrected chi connectivity index (χ2v) is 3.24. The van der Waals surface area contributed by atoms with Crippen molar-refractivity contribution in [3.05, 3.63) is 29.5 Å². The van der Waals surface area contributed by atoms with Crippen LogP contribution in [-0.2, 0) is 6.54 Å². The molecule has 0 saturated carbocycles. The van der Waals surface area contributed by atoms with Gasteiger partial charge in [0.2, 0.25) is 11.8 Å². The van der Waals surface area contributed by atoms with E-state index in [9.17, 15) is 4.79 Å². The Bertz CT molecular complexity index is 501. The minimum absolute atomic E-state index is 0.0407. The van der Waals surface area contributed by atoms with E-state index in [1.807, 2.05) is 13.0 Å². The Morgan fingerprint density at radius 2 is 2.44 bits per heavy atom. The Balaban J connectivity index is 1.93. The molecular formula is C9H11N5O2. The molecule has 0 fully saturated rings. The number of hydrogen-bond donors (Lipinski definition) is 3. The van der Waals surface area contributed by atoms with Crippen molar-refractivity contribution < 1.29 is 9.21 Å². The van der Waals surface area contributed by atoms with Crippen molar-refractivity contribution >= 4 is 11.9 Å². The lowest BCUT2D eigenvalue weighted by molar-refractivity contribution is 0.0938. The maximum absolute atomic E-state index is 11.5. The number of furan rings is 1. The zero-order valence-electron chi connectivity index (χ0n) is 8.65. The molecule has 0 aromatic carbocycles. The molecule has 0 aliphatic rings. The largest absolute Gasteiger partial charge is 0.465 e. The van der Waals surface area contributed by atoms with E-state index in [1.54, 1.807) is 6.07 Å². The third kappa shape index (κ3) is 2.19. The van der Waals surface area contributed by atoms with Crippen LogP contribution in [0.15, 0.2) is 16.5 Å². The van der Waals surface area contributed by atoms with E-state index in [1.165, 1.54) is 0 Å². The molecule has 2 aromatic rings. The lowest BCUT2D eigenvalue weighted by atomic mass is 10.4. The topological polar surface area (TPSA) is 110 Å². The van der Waals surface area contributed by atoms with E-state index >= 15 is 0 Å². The fourth-order valence-corrected chi connectivity index (χ4v) is 1.21. The predicted octanol–water partition coefficient (Wildman–Crippen LogP) is 0.218. The van der Waals surface area contributed by atoms with E-state index in [0.717, 1.165) is 5.76 Å². The summed E-state index contributed by atoms with van der Waals surface area (Å²) in [7, 11) is 0. The quantitative estimate of drug-likeness (QED) is 0.686. The molecule has 0 spiro atoms. The van der Waals surface area contributed by atoms with Crippen molar-refractivity contribution in [1.29, 1.82) is 0 Å². The van der Waals surface area contributed by atoms with Crippen LogP contribution in [-0.4, -0.2) is 21.1 Å². The summed E-state index contributed by atoms with van der Waals surface area (Å²) < 4.78 is 5.29. The minimum atomic E-state index is -0.377. The monoisotopic (exact) mass is 221 g/mol. The van der Waals surface area contributed by atoms with Gasteiger partial charge in [0.1, 0.15) is 11.5 Å². The number of nitrogens with two attached hydrogens (primary N) is 1. The van der Waals surface area contributed by atoms with Crippen LogP contribution in [0.2, 0.25) is 0 Å². The van der Waals surface area contributed by atoms with Gasteiger partial charge in [0, 0.05) is 0 Å². The predicted molar refractivity (Wildman–Crippen MR) is 55.4 cm³/mol. The number of anilines is 1. The van der Waals surface area contributed by atoms with Crippen LogP contribution in [0.25, 0.3) is 0 Å². The number of amides is 1. The van der Waals surface area contributed by atoms with Crippen LogP contribution >= 0.6 is 0 Å². The summed E-state index contributed by atoms with van der Waals surface area (Å²) in [5.74, 6) is 1.23. The first-order valence-electron chi connectivity index (χ1n) is 4.66. The Morgan fingerprint density at radius 1 is 1.62 bits per heavy atom. The Kier molecular flexibility index (Phi) is 2.59. The number of aromatic nitrogens is 3. The van der Waals surface area contributed by atoms with E-state index < -0.39 is 0 Å². The Morgan fingerprint density at radius 3 is 3.00 bits per heavy atom. The second-order valence-electron chi connectivity index (χ2n) is 3.24. The Labute approximate surface area is 91.0 Å². The van der Waals surface area contributed by atoms with Crippen LogP contribution in [0.1, 0.15) is 22.1 Å². The van der Waals surface area contributed by atoms with Gasteiger partial charge in [-0.1, -0.05) is 0 Å². The number of carbonyl (C=O) groups is 1. The SMILES string of the molecule is Cc1ccc(CNC(=O)c2nc(N)n[nH]2)o1. The number of hydrogen-bond acceptors (Lipinski definition) is 5. The molecule has 2 heterocycles. The van der Waals surface area contributed by atoms with Crippen LogP contribution in [0.3, 0.4) is 0 Å². The van der Waals surface area contributed by atoms with Crippen LogP contribution < -0.4 is 11.1 Å². The third-order valence-electron chi connectivity index (χ3n) is 1.94. The van der Waals surface area contributed by atoms with E-state index in [-0.39, 0.29) is 17.7 Å². The first-order valence-corrected chi connectivity index (χ1v) is 4.66. The number of carbonyl (C=O) groups excluding carboxylic acids is 1. The van der Waals surface area contributed by atoms with Crippen molar-refractivity contribution in [2.75, 3.05) is 5.73 Å². The standard InChI is InChI=1S/C9H11N5O2/c1-5-2-3-6(16-5)4-11-8(15)7-12-9(10)14-13-7/h2-3H,4H2,1H3,(H,11,15)(H3,10,12,13,14). The second kappa shape index (κ2) is 4.05. The normalized spacial score (nSPS) is 10.3. The summed E-state index contributed by atoms with van der Waals surface area (Å²) >= 11 is 0. The third-order valence-corrected chi connectivity index (χ3v) is 1.94. The maximum Gasteiger partial charge on any atom is 0.289 e. The molecule has 0 atom stereocenters. The number of aromatic amines is 1. The van der Waals surface area contributed by atoms with Crippen LogP contribution in [0, 0.1) is 6.92 Å². The molecule has 16 heavy (non-hydrogen) atoms. The highest BCUT2D eigenvalue weighted by Gasteiger charge is 2.10. The summed E-state index contributed by atoms with van der Waals surface area (Å²) in [6.45, 7) is 2.13. The first-order chi connectivity index (χ1) is 7.65. The first kappa shape index (κ1) is 10.2. The van der Waals surface area contributed by atoms with Crippen LogP contribution in [0.5, 0.6) is 0 Å². The summed E-state index contributed by atoms with van der Waals surface area (Å²) in [5.41, 5.74) is 5.28. The molecule has 0 bridgehead atoms. The molecule has 7 nitrogen and oxygen atoms in total. The summed E-state index contributed by atoms with van der Waals surface area (Å²) in [5, 5.41) is 8.59. The van der Waals surface area contributed by atoms with Gasteiger partial charge in [0.15, 0.2) is 0 Å². The van der Waals surface area contributed by atoms with Crippen molar-refractivity contribution in [2.45, 2.75) is 13.5 Å². The van der Waals surface area contributed by atoms with Gasteiger partial charge >= 0.3 is 0 Å². The highest BCUT2D eigenvalue weighted by Crippen LogP contribution is 2.05. The van der Waals surface area contributed by atoms with Crippen molar-refractivity contribution in [1.82, 2.24) is 20.5 Å². The fourth-order valence-electron chi connectivity index (χ4n) is 1.21. The molecule has 84 valence electrons. The van der Waals surface area contributed by atoms with Gasteiger partial charge < -0.3 is 15.5 Å². The minimum Gasteiger partial charge on any atom is -0.465 e. The van der Waals surface area contributed by atoms with Crippen molar-refractivity contribution in [3.8, 4) is 0 Å². The number of nitrogen functional groups attached to an aromatic ring is 1. The number of nitrogens with one attached hydrogen (secondary N) is 2. The summed E-state index contributed by atoms with van der Waals surface area (Å²) in [6.07, 6.45) is 0. The van der Waals surface area contributed by atoms with Gasteiger partial charge in [-0.2, -0.15) is 4.98 Å². The fraction of sp³-hybridized carbons (Fsp3) is 0.222. The lowest BCUT2D eigenvalue weighted by Crippen LogP contribution is -2.23. The smallest absolute Gasteiger partial charge is 0.289 e. The average molecular weight is 221 g/mol. The maximum atomic E-state index is 11.5. The van der Waals surface area contributed by atoms with E-state index in [0.29, 0.717) is 12.3 Å². The average Bonchev–Trinajstić information content (AvgIpc) is 2.84. The van der Waals surface area contributed by atoms with Crippen molar-refractivity contribution in [3.63, 3.8) is 0 Å². The summed E-state index contributed by atoms with van der Waals surface area (Å²) in [4.78, 5) is 15.2. The van der Waals surface area contributed by atoms with Gasteiger partial charge in [-0.15, -0.1) is 5.10 Å². The highest BCUT2D eigenvalue weighted by molar-refractivity contribution is 5.90. The van der Waals surface area contributed by atoms with Gasteiger partial charge in [-0.3, -0.25) is 9.89 Å². The molecule has 2 rings (SSSR count). The number of rotatable bonds is 3. The van der Waals surface area contributed by atoms with Crippen molar-refractivity contribution in [2.24, 2.45) is 0 Å². The number of aryl methyl sites for hydroxylation is 1. The molecule has 4 N–H and O–H groups in total. The van der Waals surface area contributed by atoms with Crippen LogP contribution in [0.4, 0.5) is 5.95 Å². The van der Waals surface area contributed by atoms with Gasteiger partial charge in [-0.25, -0.2) is 0 Å². The molecule has 0 aliphatic heterocycles. The highest BCUT2D eigenvalue weighted by atomic mass is 16.3. The van der Waals surface area contributed by atoms with Gasteiger partial charge in [0.25, 0.3) is 5.91 Å². The number of H-pyrrole nitrogens is 1. The zero-order chi connectivity index (χ0) is 11.5. The molecular weight excluding hydrogens is 210 g/mol. The molecule has 1 amide bonds. The van der Waals surface area contributed by atoms with E-state index in [2.05, 4.69) is 20.5 Å².